The Morgan fingerprint density at radius 1 is 0.966 bits per heavy atom. The lowest BCUT2D eigenvalue weighted by molar-refractivity contribution is -0.192. The Morgan fingerprint density at radius 2 is 1.59 bits per heavy atom. The van der Waals surface area contributed by atoms with E-state index in [1.54, 1.807) is 6.33 Å². The van der Waals surface area contributed by atoms with Gasteiger partial charge in [-0.05, 0) is 50.0 Å². The summed E-state index contributed by atoms with van der Waals surface area (Å²) >= 11 is 0. The van der Waals surface area contributed by atoms with Crippen molar-refractivity contribution in [2.45, 2.75) is 95.0 Å². The van der Waals surface area contributed by atoms with E-state index in [0.29, 0.717) is 67.7 Å². The van der Waals surface area contributed by atoms with Gasteiger partial charge in [0.05, 0.1) is 18.4 Å². The molecule has 5 aromatic rings. The smallest absolute Gasteiger partial charge is 0.475 e. The second-order valence-corrected chi connectivity index (χ2v) is 15.1. The number of alkyl carbamates (subject to hydrolysis) is 1. The van der Waals surface area contributed by atoms with Crippen molar-refractivity contribution in [1.82, 2.24) is 45.0 Å². The number of aryl methyl sites for hydroxylation is 1. The van der Waals surface area contributed by atoms with Crippen LogP contribution in [0.1, 0.15) is 75.5 Å². The fraction of sp³-hybridized carbons (Fsp3) is 0.474. The first-order valence-corrected chi connectivity index (χ1v) is 18.8. The number of nitrogens with one attached hydrogen (secondary N) is 2. The molecule has 5 atom stereocenters. The number of rotatable bonds is 10. The number of carbonyl (C=O) groups excluding carboxylic acids is 1. The topological polar surface area (TPSA) is 219 Å². The van der Waals surface area contributed by atoms with Crippen molar-refractivity contribution in [2.24, 2.45) is 0 Å². The average molecular weight is 810 g/mol. The normalized spacial score (nSPS) is 20.9. The molecule has 1 amide bonds. The summed E-state index contributed by atoms with van der Waals surface area (Å²) in [7, 11) is 0. The molecule has 17 nitrogen and oxygen atoms in total. The Balaban J connectivity index is 0.000000743. The number of nitrogens with zero attached hydrogens (tertiary/aromatic N) is 9. The van der Waals surface area contributed by atoms with Crippen molar-refractivity contribution >= 4 is 35.0 Å². The molecule has 1 saturated heterocycles. The van der Waals surface area contributed by atoms with Crippen LogP contribution in [0.5, 0.6) is 0 Å². The summed E-state index contributed by atoms with van der Waals surface area (Å²) in [6.45, 7) is 9.06. The van der Waals surface area contributed by atoms with Crippen molar-refractivity contribution in [3.8, 4) is 0 Å². The number of carboxylic acids is 1. The van der Waals surface area contributed by atoms with E-state index in [1.807, 2.05) is 73.6 Å². The number of amides is 1. The second kappa shape index (κ2) is 17.3. The zero-order chi connectivity index (χ0) is 41.8. The Hall–Kier alpha value is -5.89. The molecule has 0 unspecified atom stereocenters. The maximum atomic E-state index is 12.6. The van der Waals surface area contributed by atoms with Crippen LogP contribution in [0.15, 0.2) is 67.0 Å². The summed E-state index contributed by atoms with van der Waals surface area (Å²) in [6, 6.07) is 19.3. The molecule has 58 heavy (non-hydrogen) atoms. The number of tetrazole rings is 1. The van der Waals surface area contributed by atoms with Gasteiger partial charge in [-0.25, -0.2) is 14.6 Å². The maximum Gasteiger partial charge on any atom is 0.490 e. The molecule has 0 bridgehead atoms. The van der Waals surface area contributed by atoms with Crippen molar-refractivity contribution in [3.63, 3.8) is 0 Å². The zero-order valence-electron chi connectivity index (χ0n) is 32.3. The molecule has 0 spiro atoms. The van der Waals surface area contributed by atoms with Gasteiger partial charge in [0, 0.05) is 32.0 Å². The third kappa shape index (κ3) is 9.79. The number of halogens is 3. The third-order valence-electron chi connectivity index (χ3n) is 9.78. The molecular formula is C38H46F3N11O6. The van der Waals surface area contributed by atoms with Gasteiger partial charge in [0.15, 0.2) is 22.8 Å². The Morgan fingerprint density at radius 3 is 2.16 bits per heavy atom. The molecule has 2 aromatic carbocycles. The molecule has 1 aliphatic carbocycles. The number of hydrogen-bond acceptors (Lipinski definition) is 13. The maximum absolute atomic E-state index is 12.6. The molecule has 1 aliphatic heterocycles. The molecule has 2 aliphatic rings. The number of aliphatic hydroxyl groups is 2. The highest BCUT2D eigenvalue weighted by atomic mass is 19.4. The number of ether oxygens (including phenoxy) is 1. The second-order valence-electron chi connectivity index (χ2n) is 15.1. The largest absolute Gasteiger partial charge is 0.490 e. The van der Waals surface area contributed by atoms with Crippen LogP contribution < -0.4 is 15.5 Å². The summed E-state index contributed by atoms with van der Waals surface area (Å²) in [6.07, 6.45) is -4.52. The van der Waals surface area contributed by atoms with Crippen molar-refractivity contribution < 1.29 is 42.8 Å². The highest BCUT2D eigenvalue weighted by Crippen LogP contribution is 2.40. The lowest BCUT2D eigenvalue weighted by Gasteiger charge is -2.23. The molecule has 7 rings (SSSR count). The van der Waals surface area contributed by atoms with E-state index in [-0.39, 0.29) is 12.0 Å². The van der Waals surface area contributed by atoms with Crippen LogP contribution in [0, 0.1) is 0 Å². The number of carbonyl (C=O) groups is 2. The Bertz CT molecular complexity index is 2120. The first kappa shape index (κ1) is 41.7. The van der Waals surface area contributed by atoms with Crippen molar-refractivity contribution in [2.75, 3.05) is 29.9 Å². The molecule has 20 heteroatoms. The van der Waals surface area contributed by atoms with Crippen LogP contribution in [0.4, 0.5) is 29.7 Å². The number of aromatic nitrogens is 8. The molecule has 4 heterocycles. The quantitative estimate of drug-likeness (QED) is 0.133. The first-order chi connectivity index (χ1) is 27.5. The molecule has 1 saturated carbocycles. The lowest BCUT2D eigenvalue weighted by atomic mass is 9.91. The summed E-state index contributed by atoms with van der Waals surface area (Å²) in [5.41, 5.74) is 2.76. The summed E-state index contributed by atoms with van der Waals surface area (Å²) < 4.78 is 39.0. The van der Waals surface area contributed by atoms with Gasteiger partial charge >= 0.3 is 18.2 Å². The number of anilines is 2. The number of aliphatic hydroxyl groups excluding tert-OH is 2. The summed E-state index contributed by atoms with van der Waals surface area (Å²) in [4.78, 5) is 39.7. The number of imidazole rings is 1. The predicted octanol–water partition coefficient (Wildman–Crippen LogP) is 4.26. The van der Waals surface area contributed by atoms with E-state index < -0.39 is 48.1 Å². The van der Waals surface area contributed by atoms with Gasteiger partial charge in [-0.1, -0.05) is 67.6 Å². The van der Waals surface area contributed by atoms with Crippen LogP contribution in [0.25, 0.3) is 11.2 Å². The highest BCUT2D eigenvalue weighted by Gasteiger charge is 2.45. The molecule has 0 radical (unpaired) electrons. The number of carboxylic acid groups (broad SMARTS) is 1. The van der Waals surface area contributed by atoms with Gasteiger partial charge in [0.25, 0.3) is 0 Å². The van der Waals surface area contributed by atoms with Crippen molar-refractivity contribution in [3.05, 3.63) is 83.9 Å². The summed E-state index contributed by atoms with van der Waals surface area (Å²) in [5.74, 6) is -1.16. The number of fused-ring (bicyclic) bond motifs is 1. The Labute approximate surface area is 331 Å². The monoisotopic (exact) mass is 809 g/mol. The van der Waals surface area contributed by atoms with Crippen LogP contribution in [-0.4, -0.2) is 117 Å². The van der Waals surface area contributed by atoms with E-state index in [1.165, 1.54) is 4.80 Å². The van der Waals surface area contributed by atoms with Crippen LogP contribution >= 0.6 is 0 Å². The number of benzene rings is 2. The third-order valence-corrected chi connectivity index (χ3v) is 9.78. The minimum atomic E-state index is -5.08. The molecule has 2 fully saturated rings. The number of alkyl halides is 3. The molecule has 310 valence electrons. The molecule has 3 aromatic heterocycles. The Kier molecular flexibility index (Phi) is 12.5. The van der Waals surface area contributed by atoms with E-state index in [4.69, 9.17) is 29.6 Å². The van der Waals surface area contributed by atoms with Gasteiger partial charge in [-0.15, -0.1) is 10.2 Å². The fourth-order valence-corrected chi connectivity index (χ4v) is 6.97. The van der Waals surface area contributed by atoms with E-state index in [0.717, 1.165) is 11.1 Å². The minimum Gasteiger partial charge on any atom is -0.475 e. The fourth-order valence-electron chi connectivity index (χ4n) is 6.97. The average Bonchev–Trinajstić information content (AvgIpc) is 3.99. The van der Waals surface area contributed by atoms with Crippen molar-refractivity contribution in [1.29, 1.82) is 0 Å². The summed E-state index contributed by atoms with van der Waals surface area (Å²) in [5, 5.41) is 48.8. The van der Waals surface area contributed by atoms with E-state index in [2.05, 4.69) is 50.3 Å². The number of hydrogen-bond donors (Lipinski definition) is 5. The highest BCUT2D eigenvalue weighted by molar-refractivity contribution is 5.84. The van der Waals surface area contributed by atoms with Gasteiger partial charge in [-0.2, -0.15) is 27.9 Å². The van der Waals surface area contributed by atoms with Crippen LogP contribution in [-0.2, 0) is 16.0 Å². The van der Waals surface area contributed by atoms with E-state index in [9.17, 15) is 28.2 Å². The van der Waals surface area contributed by atoms with Gasteiger partial charge < -0.3 is 40.2 Å². The minimum absolute atomic E-state index is 0.0212. The van der Waals surface area contributed by atoms with Crippen LogP contribution in [0.2, 0.25) is 0 Å². The van der Waals surface area contributed by atoms with Gasteiger partial charge in [0.1, 0.15) is 23.9 Å². The predicted molar refractivity (Wildman–Crippen MR) is 204 cm³/mol. The first-order valence-electron chi connectivity index (χ1n) is 18.8. The van der Waals surface area contributed by atoms with Gasteiger partial charge in [0.2, 0.25) is 5.95 Å². The molecular weight excluding hydrogens is 763 g/mol. The SMILES string of the molecule is CCc1nnn([C@H]2C[C@@H](n3cnc4c(NCC(c5ccccc5)c5ccccc5)nc(N5CC[C@@H](NC(=O)OC(C)(C)C)C5)nc43)[C@H](O)[C@@H]2O)n1.O=C(O)C(F)(F)F. The zero-order valence-corrected chi connectivity index (χ0v) is 32.3. The van der Waals surface area contributed by atoms with E-state index >= 15 is 0 Å². The lowest BCUT2D eigenvalue weighted by Crippen LogP contribution is -2.40. The van der Waals surface area contributed by atoms with Gasteiger partial charge in [-0.3, -0.25) is 0 Å². The number of aliphatic carboxylic acids is 1. The standard InChI is InChI=1S/C36H45N11O4.C2HF3O2/c1-5-28-42-44-47(43-28)27-18-26(30(48)31(27)49)46-21-38-29-32(37-19-25(22-12-8-6-9-13-22)23-14-10-7-11-15-23)40-34(41-33(29)46)45-17-16-24(20-45)39-35(50)51-36(2,3)4;3-2(4,5)1(6)7/h6-15,21,24-27,30-31,48-49H,5,16-20H2,1-4H3,(H,39,50)(H,37,40,41);(H,6,7)/t24-,26-,27+,30+,31-;/m1./s1. The van der Waals surface area contributed by atoms with Crippen LogP contribution in [0.3, 0.4) is 0 Å². The molecule has 5 N–H and O–H groups in total.